The Bertz CT molecular complexity index is 436. The lowest BCUT2D eigenvalue weighted by Gasteiger charge is -2.15. The molecule has 6 nitrogen and oxygen atoms in total. The SMILES string of the molecule is CNC(=S)NNC(=O)[C@@H](C)Oc1ccc(OC)cc1. The molecule has 19 heavy (non-hydrogen) atoms. The second-order valence-corrected chi connectivity index (χ2v) is 4.04. The smallest absolute Gasteiger partial charge is 0.279 e. The normalized spacial score (nSPS) is 11.1. The van der Waals surface area contributed by atoms with E-state index in [1.165, 1.54) is 0 Å². The molecule has 0 fully saturated rings. The highest BCUT2D eigenvalue weighted by molar-refractivity contribution is 7.80. The molecule has 0 radical (unpaired) electrons. The van der Waals surface area contributed by atoms with Crippen LogP contribution in [0.15, 0.2) is 24.3 Å². The minimum atomic E-state index is -0.652. The van der Waals surface area contributed by atoms with E-state index in [0.717, 1.165) is 5.75 Å². The zero-order chi connectivity index (χ0) is 14.3. The van der Waals surface area contributed by atoms with Gasteiger partial charge < -0.3 is 14.8 Å². The molecule has 0 aromatic heterocycles. The first kappa shape index (κ1) is 15.0. The van der Waals surface area contributed by atoms with Crippen LogP contribution in [0.5, 0.6) is 11.5 Å². The number of rotatable bonds is 4. The number of carbonyl (C=O) groups is 1. The molecule has 7 heteroatoms. The number of carbonyl (C=O) groups excluding carboxylic acids is 1. The number of amides is 1. The van der Waals surface area contributed by atoms with Gasteiger partial charge in [0, 0.05) is 7.05 Å². The van der Waals surface area contributed by atoms with E-state index >= 15 is 0 Å². The van der Waals surface area contributed by atoms with Crippen LogP contribution >= 0.6 is 12.2 Å². The molecule has 0 aliphatic carbocycles. The summed E-state index contributed by atoms with van der Waals surface area (Å²) in [5, 5.41) is 3.00. The fraction of sp³-hybridized carbons (Fsp3) is 0.333. The van der Waals surface area contributed by atoms with Gasteiger partial charge in [-0.25, -0.2) is 0 Å². The van der Waals surface area contributed by atoms with Gasteiger partial charge in [-0.15, -0.1) is 0 Å². The minimum absolute atomic E-state index is 0.324. The highest BCUT2D eigenvalue weighted by atomic mass is 32.1. The van der Waals surface area contributed by atoms with Crippen molar-refractivity contribution in [2.24, 2.45) is 0 Å². The second kappa shape index (κ2) is 7.42. The van der Waals surface area contributed by atoms with Gasteiger partial charge in [0.1, 0.15) is 11.5 Å². The lowest BCUT2D eigenvalue weighted by atomic mass is 10.3. The van der Waals surface area contributed by atoms with E-state index in [-0.39, 0.29) is 5.91 Å². The number of methoxy groups -OCH3 is 1. The molecule has 0 aliphatic rings. The highest BCUT2D eigenvalue weighted by Crippen LogP contribution is 2.18. The van der Waals surface area contributed by atoms with Gasteiger partial charge in [0.15, 0.2) is 11.2 Å². The molecule has 0 saturated carbocycles. The molecule has 3 N–H and O–H groups in total. The van der Waals surface area contributed by atoms with Crippen molar-refractivity contribution in [2.75, 3.05) is 14.2 Å². The monoisotopic (exact) mass is 283 g/mol. The number of hydrogen-bond donors (Lipinski definition) is 3. The molecule has 104 valence electrons. The molecule has 0 saturated heterocycles. The van der Waals surface area contributed by atoms with Crippen molar-refractivity contribution in [3.05, 3.63) is 24.3 Å². The van der Waals surface area contributed by atoms with Crippen LogP contribution in [-0.4, -0.2) is 31.3 Å². The van der Waals surface area contributed by atoms with Gasteiger partial charge in [-0.05, 0) is 43.4 Å². The molecule has 0 spiro atoms. The van der Waals surface area contributed by atoms with Crippen LogP contribution in [0.2, 0.25) is 0 Å². The Labute approximate surface area is 117 Å². The van der Waals surface area contributed by atoms with Crippen molar-refractivity contribution < 1.29 is 14.3 Å². The summed E-state index contributed by atoms with van der Waals surface area (Å²) in [5.74, 6) is 0.985. The maximum atomic E-state index is 11.7. The maximum Gasteiger partial charge on any atom is 0.279 e. The molecule has 0 unspecified atom stereocenters. The predicted molar refractivity (Wildman–Crippen MR) is 76.0 cm³/mol. The van der Waals surface area contributed by atoms with Crippen molar-refractivity contribution >= 4 is 23.2 Å². The van der Waals surface area contributed by atoms with Gasteiger partial charge in [0.25, 0.3) is 5.91 Å². The van der Waals surface area contributed by atoms with E-state index in [1.54, 1.807) is 45.3 Å². The third-order valence-corrected chi connectivity index (χ3v) is 2.57. The molecular weight excluding hydrogens is 266 g/mol. The van der Waals surface area contributed by atoms with E-state index in [2.05, 4.69) is 16.2 Å². The van der Waals surface area contributed by atoms with Gasteiger partial charge >= 0.3 is 0 Å². The van der Waals surface area contributed by atoms with Crippen molar-refractivity contribution in [2.45, 2.75) is 13.0 Å². The highest BCUT2D eigenvalue weighted by Gasteiger charge is 2.14. The number of ether oxygens (including phenoxy) is 2. The van der Waals surface area contributed by atoms with Gasteiger partial charge in [-0.1, -0.05) is 0 Å². The van der Waals surface area contributed by atoms with Gasteiger partial charge in [-0.2, -0.15) is 0 Å². The number of hydrogen-bond acceptors (Lipinski definition) is 4. The van der Waals surface area contributed by atoms with E-state index in [9.17, 15) is 4.79 Å². The Morgan fingerprint density at radius 1 is 1.21 bits per heavy atom. The molecule has 0 heterocycles. The second-order valence-electron chi connectivity index (χ2n) is 3.63. The molecule has 1 amide bonds. The lowest BCUT2D eigenvalue weighted by molar-refractivity contribution is -0.127. The Kier molecular flexibility index (Phi) is 5.87. The number of nitrogens with one attached hydrogen (secondary N) is 3. The van der Waals surface area contributed by atoms with Gasteiger partial charge in [0.2, 0.25) is 0 Å². The Morgan fingerprint density at radius 2 is 1.79 bits per heavy atom. The zero-order valence-electron chi connectivity index (χ0n) is 11.0. The van der Waals surface area contributed by atoms with E-state index in [4.69, 9.17) is 21.7 Å². The van der Waals surface area contributed by atoms with Crippen molar-refractivity contribution in [3.63, 3.8) is 0 Å². The molecule has 0 aliphatic heterocycles. The molecular formula is C12H17N3O3S. The molecule has 1 atom stereocenters. The average molecular weight is 283 g/mol. The van der Waals surface area contributed by atoms with E-state index in [0.29, 0.717) is 10.9 Å². The molecule has 1 aromatic carbocycles. The van der Waals surface area contributed by atoms with Crippen LogP contribution in [0.4, 0.5) is 0 Å². The number of hydrazine groups is 1. The summed E-state index contributed by atoms with van der Waals surface area (Å²) in [4.78, 5) is 11.7. The van der Waals surface area contributed by atoms with Crippen molar-refractivity contribution in [1.29, 1.82) is 0 Å². The van der Waals surface area contributed by atoms with Crippen molar-refractivity contribution in [1.82, 2.24) is 16.2 Å². The quantitative estimate of drug-likeness (QED) is 0.555. The van der Waals surface area contributed by atoms with E-state index < -0.39 is 6.10 Å². The predicted octanol–water partition coefficient (Wildman–Crippen LogP) is 0.588. The summed E-state index contributed by atoms with van der Waals surface area (Å²) in [6.45, 7) is 1.64. The topological polar surface area (TPSA) is 71.6 Å². The molecule has 0 bridgehead atoms. The summed E-state index contributed by atoms with van der Waals surface area (Å²) in [7, 11) is 3.24. The Morgan fingerprint density at radius 3 is 2.32 bits per heavy atom. The number of benzene rings is 1. The van der Waals surface area contributed by atoms with Crippen LogP contribution in [0.1, 0.15) is 6.92 Å². The Balaban J connectivity index is 2.46. The lowest BCUT2D eigenvalue weighted by Crippen LogP contribution is -2.49. The summed E-state index contributed by atoms with van der Waals surface area (Å²) in [6.07, 6.45) is -0.652. The van der Waals surface area contributed by atoms with Crippen LogP contribution in [0.25, 0.3) is 0 Å². The molecule has 1 aromatic rings. The zero-order valence-corrected chi connectivity index (χ0v) is 11.8. The standard InChI is InChI=1S/C12H17N3O3S/c1-8(11(16)14-15-12(19)13-2)18-10-6-4-9(17-3)5-7-10/h4-8H,1-3H3,(H,14,16)(H2,13,15,19)/t8-/m1/s1. The summed E-state index contributed by atoms with van der Waals surface area (Å²) < 4.78 is 10.5. The third-order valence-electron chi connectivity index (χ3n) is 2.27. The van der Waals surface area contributed by atoms with Gasteiger partial charge in [0.05, 0.1) is 7.11 Å². The summed E-state index contributed by atoms with van der Waals surface area (Å²) in [6, 6.07) is 6.98. The first-order chi connectivity index (χ1) is 9.06. The average Bonchev–Trinajstić information content (AvgIpc) is 2.44. The maximum absolute atomic E-state index is 11.7. The van der Waals surface area contributed by atoms with E-state index in [1.807, 2.05) is 0 Å². The minimum Gasteiger partial charge on any atom is -0.497 e. The van der Waals surface area contributed by atoms with Crippen LogP contribution in [0.3, 0.4) is 0 Å². The van der Waals surface area contributed by atoms with Crippen LogP contribution in [0, 0.1) is 0 Å². The first-order valence-electron chi connectivity index (χ1n) is 5.65. The summed E-state index contributed by atoms with van der Waals surface area (Å²) in [5.41, 5.74) is 4.97. The fourth-order valence-corrected chi connectivity index (χ4v) is 1.25. The summed E-state index contributed by atoms with van der Waals surface area (Å²) >= 11 is 4.83. The van der Waals surface area contributed by atoms with Crippen molar-refractivity contribution in [3.8, 4) is 11.5 Å². The van der Waals surface area contributed by atoms with Gasteiger partial charge in [-0.3, -0.25) is 15.6 Å². The van der Waals surface area contributed by atoms with Crippen LogP contribution in [-0.2, 0) is 4.79 Å². The molecule has 1 rings (SSSR count). The largest absolute Gasteiger partial charge is 0.497 e. The Hall–Kier alpha value is -2.02. The van der Waals surface area contributed by atoms with Crippen LogP contribution < -0.4 is 25.6 Å². The number of thiocarbonyl (C=S) groups is 1. The third kappa shape index (κ3) is 5.01. The fourth-order valence-electron chi connectivity index (χ4n) is 1.19. The first-order valence-corrected chi connectivity index (χ1v) is 6.06.